The molecule has 106 heavy (non-hydrogen) atoms. The Morgan fingerprint density at radius 2 is 0.745 bits per heavy atom. The van der Waals surface area contributed by atoms with Gasteiger partial charge in [0.25, 0.3) is 5.91 Å². The summed E-state index contributed by atoms with van der Waals surface area (Å²) in [5.41, 5.74) is 34.5. The van der Waals surface area contributed by atoms with Crippen molar-refractivity contribution in [3.63, 3.8) is 0 Å². The topological polar surface area (TPSA) is 277 Å². The highest BCUT2D eigenvalue weighted by atomic mass is 35.5. The predicted molar refractivity (Wildman–Crippen MR) is 431 cm³/mol. The third-order valence-corrected chi connectivity index (χ3v) is 16.6. The quantitative estimate of drug-likeness (QED) is 0.0214. The van der Waals surface area contributed by atoms with Gasteiger partial charge in [0.05, 0.1) is 82.4 Å². The number of methoxy groups -OCH3 is 4. The number of amides is 1. The zero-order valence-electron chi connectivity index (χ0n) is 62.0. The minimum absolute atomic E-state index is 0.0488. The number of para-hydroxylation sites is 4. The van der Waals surface area contributed by atoms with E-state index >= 15 is 0 Å². The third-order valence-electron chi connectivity index (χ3n) is 16.6. The Hall–Kier alpha value is -10.9. The summed E-state index contributed by atoms with van der Waals surface area (Å²) in [7, 11) is 14.7. The van der Waals surface area contributed by atoms with Gasteiger partial charge in [-0.2, -0.15) is 0 Å². The number of anilines is 3. The second kappa shape index (κ2) is 42.8. The van der Waals surface area contributed by atoms with Crippen LogP contribution in [0.3, 0.4) is 0 Å². The molecular formula is C85H96ClN11O9. The molecular weight excluding hydrogens is 1350 g/mol. The number of carbonyl (C=O) groups excluding carboxylic acids is 3. The normalized spacial score (nSPS) is 10.7. The number of rotatable bonds is 24. The van der Waals surface area contributed by atoms with Gasteiger partial charge in [0.1, 0.15) is 5.78 Å². The van der Waals surface area contributed by atoms with Crippen LogP contribution in [0.2, 0.25) is 0 Å². The van der Waals surface area contributed by atoms with Crippen molar-refractivity contribution in [3.05, 3.63) is 246 Å². The van der Waals surface area contributed by atoms with Crippen LogP contribution in [-0.4, -0.2) is 172 Å². The fourth-order valence-corrected chi connectivity index (χ4v) is 11.1. The SMILES string of the molecule is CC(=O)Cl.CNCCOC.COCCN(C)C(=O)c1cc(-c2ccc(N)cc2)nc2ccccc12.COCCN(C)Cc1cc(-c2ccc(CC(C)=O)cc2)nc2ccccc12.COCCN(C)Cc1cc(-c2ccc(N)cc2)nc2ccccc12.Nc1ccc(-c2cc(C(=O)O)c3ccccc3n2)cc1. The number of nitrogen functional groups attached to an aromatic ring is 3. The number of ketones is 1. The number of pyridine rings is 4. The molecule has 0 bridgehead atoms. The van der Waals surface area contributed by atoms with Crippen molar-refractivity contribution >= 4 is 95.2 Å². The Bertz CT molecular complexity index is 4790. The summed E-state index contributed by atoms with van der Waals surface area (Å²) in [5, 5.41) is 15.8. The van der Waals surface area contributed by atoms with E-state index in [1.807, 2.05) is 147 Å². The fraction of sp³-hybridized carbons (Fsp3) is 0.247. The van der Waals surface area contributed by atoms with Gasteiger partial charge in [0.15, 0.2) is 0 Å². The van der Waals surface area contributed by atoms with Gasteiger partial charge >= 0.3 is 5.97 Å². The van der Waals surface area contributed by atoms with Crippen LogP contribution in [-0.2, 0) is 48.0 Å². The molecule has 0 aliphatic carbocycles. The van der Waals surface area contributed by atoms with Crippen LogP contribution in [0.1, 0.15) is 51.3 Å². The molecule has 21 heteroatoms. The summed E-state index contributed by atoms with van der Waals surface area (Å²) in [5.74, 6) is -0.833. The first-order valence-corrected chi connectivity index (χ1v) is 34.9. The van der Waals surface area contributed by atoms with E-state index in [0.717, 1.165) is 118 Å². The molecule has 12 aromatic rings. The highest BCUT2D eigenvalue weighted by molar-refractivity contribution is 6.62. The lowest BCUT2D eigenvalue weighted by Crippen LogP contribution is -2.30. The number of fused-ring (bicyclic) bond motifs is 4. The number of carboxylic acids is 1. The number of ether oxygens (including phenoxy) is 4. The lowest BCUT2D eigenvalue weighted by Gasteiger charge is -2.18. The summed E-state index contributed by atoms with van der Waals surface area (Å²) in [6, 6.07) is 69.9. The number of hydrogen-bond donors (Lipinski definition) is 5. The second-order valence-corrected chi connectivity index (χ2v) is 25.5. The second-order valence-electron chi connectivity index (χ2n) is 25.0. The van der Waals surface area contributed by atoms with E-state index in [2.05, 4.69) is 94.3 Å². The number of carboxylic acid groups (broad SMARTS) is 1. The Balaban J connectivity index is 0.000000189. The van der Waals surface area contributed by atoms with E-state index < -0.39 is 5.97 Å². The third kappa shape index (κ3) is 25.5. The molecule has 0 saturated heterocycles. The molecule has 552 valence electrons. The standard InChI is InChI=1S/C23H26N2O2.C20H21N3O2.C20H23N3O.C16H12N2O2.C4H11NO.C2H3ClO/c1-17(26)14-18-8-10-19(11-9-18)23-15-20(16-25(2)12-13-27-3)21-6-4-5-7-22(21)24-23;1-23(11-12-25-2)20(24)17-13-19(14-7-9-15(21)10-8-14)22-18-6-4-3-5-16(17)18;1-23(11-12-24-2)14-16-13-20(15-7-9-17(21)10-8-15)22-19-6-4-3-5-18(16)19;17-11-7-5-10(6-8-11)15-9-13(16(19)20)12-3-1-2-4-14(12)18-15;1-5-3-4-6-2;1-2(3)4/h4-11,15H,12-14,16H2,1-3H3;3-10,13H,11-12,21H2,1-2H3;3-10,13H,11-12,14,21H2,1-2H3;1-9H,17H2,(H,19,20);5H,3-4H2,1-2H3;1H3. The summed E-state index contributed by atoms with van der Waals surface area (Å²) in [6.45, 7) is 10.6. The molecule has 20 nitrogen and oxygen atoms in total. The van der Waals surface area contributed by atoms with Crippen molar-refractivity contribution in [2.75, 3.05) is 126 Å². The predicted octanol–water partition coefficient (Wildman–Crippen LogP) is 14.7. The van der Waals surface area contributed by atoms with Gasteiger partial charge in [-0.05, 0) is 141 Å². The monoisotopic (exact) mass is 1450 g/mol. The maximum atomic E-state index is 12.9. The molecule has 0 unspecified atom stereocenters. The molecule has 0 radical (unpaired) electrons. The smallest absolute Gasteiger partial charge is 0.336 e. The van der Waals surface area contributed by atoms with E-state index in [0.29, 0.717) is 59.7 Å². The number of benzene rings is 8. The molecule has 0 aliphatic heterocycles. The highest BCUT2D eigenvalue weighted by Crippen LogP contribution is 2.31. The van der Waals surface area contributed by atoms with E-state index in [1.54, 1.807) is 77.6 Å². The van der Waals surface area contributed by atoms with Crippen LogP contribution in [0, 0.1) is 0 Å². The number of aromatic nitrogens is 4. The largest absolute Gasteiger partial charge is 0.478 e. The number of aromatic carboxylic acids is 1. The van der Waals surface area contributed by atoms with Gasteiger partial charge in [-0.25, -0.2) is 24.7 Å². The van der Waals surface area contributed by atoms with Gasteiger partial charge in [0, 0.05) is 149 Å². The summed E-state index contributed by atoms with van der Waals surface area (Å²) >= 11 is 4.64. The summed E-state index contributed by atoms with van der Waals surface area (Å²) < 4.78 is 20.2. The van der Waals surface area contributed by atoms with Crippen LogP contribution >= 0.6 is 11.6 Å². The summed E-state index contributed by atoms with van der Waals surface area (Å²) in [6.07, 6.45) is 0.473. The van der Waals surface area contributed by atoms with Gasteiger partial charge in [0.2, 0.25) is 5.24 Å². The van der Waals surface area contributed by atoms with E-state index in [4.69, 9.17) is 51.1 Å². The van der Waals surface area contributed by atoms with Gasteiger partial charge < -0.3 is 51.5 Å². The van der Waals surface area contributed by atoms with Crippen LogP contribution in [0.25, 0.3) is 88.6 Å². The average Bonchev–Trinajstić information content (AvgIpc) is 0.799. The molecule has 0 spiro atoms. The van der Waals surface area contributed by atoms with Crippen molar-refractivity contribution in [2.45, 2.75) is 33.4 Å². The highest BCUT2D eigenvalue weighted by Gasteiger charge is 2.19. The van der Waals surface area contributed by atoms with Crippen molar-refractivity contribution in [1.29, 1.82) is 0 Å². The molecule has 4 aromatic heterocycles. The molecule has 1 amide bonds. The Labute approximate surface area is 626 Å². The number of nitrogens with zero attached hydrogens (tertiary/aromatic N) is 7. The molecule has 8 N–H and O–H groups in total. The van der Waals surface area contributed by atoms with Crippen molar-refractivity contribution in [2.24, 2.45) is 0 Å². The maximum absolute atomic E-state index is 12.9. The fourth-order valence-electron chi connectivity index (χ4n) is 11.1. The number of carbonyl (C=O) groups is 4. The van der Waals surface area contributed by atoms with Crippen LogP contribution < -0.4 is 22.5 Å². The Morgan fingerprint density at radius 3 is 1.08 bits per heavy atom. The van der Waals surface area contributed by atoms with Crippen LogP contribution in [0.15, 0.2) is 218 Å². The molecule has 8 aromatic carbocycles. The molecule has 4 heterocycles. The first-order chi connectivity index (χ1) is 51.1. The minimum Gasteiger partial charge on any atom is -0.478 e. The van der Waals surface area contributed by atoms with Crippen molar-refractivity contribution < 1.29 is 43.2 Å². The van der Waals surface area contributed by atoms with Crippen molar-refractivity contribution in [1.82, 2.24) is 40.0 Å². The first-order valence-electron chi connectivity index (χ1n) is 34.5. The van der Waals surface area contributed by atoms with Crippen LogP contribution in [0.4, 0.5) is 17.1 Å². The number of nitrogens with one attached hydrogen (secondary N) is 1. The van der Waals surface area contributed by atoms with Gasteiger partial charge in [-0.1, -0.05) is 133 Å². The number of likely N-dealkylation sites (N-methyl/N-ethyl adjacent to an activating group) is 4. The molecule has 12 rings (SSSR count). The number of Topliss-reactive ketones (excluding diaryl/α,β-unsaturated/α-hetero) is 1. The average molecular weight is 1450 g/mol. The van der Waals surface area contributed by atoms with Gasteiger partial charge in [-0.15, -0.1) is 0 Å². The number of hydrogen-bond acceptors (Lipinski definition) is 18. The molecule has 0 atom stereocenters. The van der Waals surface area contributed by atoms with Gasteiger partial charge in [-0.3, -0.25) is 24.2 Å². The lowest BCUT2D eigenvalue weighted by molar-refractivity contribution is -0.116. The van der Waals surface area contributed by atoms with E-state index in [9.17, 15) is 24.3 Å². The molecule has 0 fully saturated rings. The number of nitrogens with two attached hydrogens (primary N) is 3. The molecule has 0 aliphatic rings. The lowest BCUT2D eigenvalue weighted by atomic mass is 10.0. The molecule has 0 saturated carbocycles. The Morgan fingerprint density at radius 1 is 0.434 bits per heavy atom. The van der Waals surface area contributed by atoms with E-state index in [-0.39, 0.29) is 22.5 Å². The van der Waals surface area contributed by atoms with Crippen LogP contribution in [0.5, 0.6) is 0 Å². The van der Waals surface area contributed by atoms with Crippen molar-refractivity contribution in [3.8, 4) is 45.0 Å². The first kappa shape index (κ1) is 82.4. The number of halogens is 1. The summed E-state index contributed by atoms with van der Waals surface area (Å²) in [4.78, 5) is 69.9. The zero-order chi connectivity index (χ0) is 76.5. The van der Waals surface area contributed by atoms with E-state index in [1.165, 1.54) is 28.8 Å². The zero-order valence-corrected chi connectivity index (χ0v) is 62.8. The maximum Gasteiger partial charge on any atom is 0.336 e. The minimum atomic E-state index is -0.958. The Kier molecular flexibility index (Phi) is 33.2.